The number of hydrogen-bond acceptors (Lipinski definition) is 3. The molecular weight excluding hydrogens is 200 g/mol. The van der Waals surface area contributed by atoms with Crippen LogP contribution in [0, 0.1) is 12.8 Å². The van der Waals surface area contributed by atoms with Gasteiger partial charge in [-0.1, -0.05) is 12.8 Å². The van der Waals surface area contributed by atoms with Gasteiger partial charge in [-0.15, -0.1) is 0 Å². The van der Waals surface area contributed by atoms with E-state index in [1.807, 2.05) is 6.07 Å². The van der Waals surface area contributed by atoms with Crippen LogP contribution >= 0.6 is 0 Å². The lowest BCUT2D eigenvalue weighted by molar-refractivity contribution is 0.261. The van der Waals surface area contributed by atoms with Crippen molar-refractivity contribution in [1.29, 1.82) is 0 Å². The lowest BCUT2D eigenvalue weighted by Gasteiger charge is -2.31. The summed E-state index contributed by atoms with van der Waals surface area (Å²) in [6.45, 7) is 3.72. The molecule has 3 heteroatoms. The van der Waals surface area contributed by atoms with E-state index in [4.69, 9.17) is 10.2 Å². The predicted octanol–water partition coefficient (Wildman–Crippen LogP) is 2.20. The van der Waals surface area contributed by atoms with Crippen molar-refractivity contribution in [2.45, 2.75) is 45.2 Å². The van der Waals surface area contributed by atoms with Crippen LogP contribution in [0.2, 0.25) is 0 Å². The molecule has 1 fully saturated rings. The van der Waals surface area contributed by atoms with Gasteiger partial charge in [0, 0.05) is 6.04 Å². The van der Waals surface area contributed by atoms with Crippen LogP contribution in [0.15, 0.2) is 16.7 Å². The van der Waals surface area contributed by atoms with Crippen LogP contribution in [0.25, 0.3) is 0 Å². The molecule has 0 spiro atoms. The van der Waals surface area contributed by atoms with Gasteiger partial charge in [-0.2, -0.15) is 0 Å². The third-order valence-corrected chi connectivity index (χ3v) is 3.70. The van der Waals surface area contributed by atoms with Crippen molar-refractivity contribution < 1.29 is 4.42 Å². The highest BCUT2D eigenvalue weighted by molar-refractivity contribution is 5.14. The fourth-order valence-corrected chi connectivity index (χ4v) is 2.57. The molecule has 2 atom stereocenters. The molecular formula is C13H22N2O. The SMILES string of the molecule is Cc1ccoc1CNC1CCCCC1CN. The highest BCUT2D eigenvalue weighted by Crippen LogP contribution is 2.24. The second-order valence-corrected chi connectivity index (χ2v) is 4.79. The van der Waals surface area contributed by atoms with Gasteiger partial charge in [0.1, 0.15) is 5.76 Å². The van der Waals surface area contributed by atoms with Crippen molar-refractivity contribution in [3.05, 3.63) is 23.7 Å². The van der Waals surface area contributed by atoms with Crippen LogP contribution in [0.5, 0.6) is 0 Å². The van der Waals surface area contributed by atoms with Gasteiger partial charge in [0.2, 0.25) is 0 Å². The van der Waals surface area contributed by atoms with Crippen molar-refractivity contribution in [2.75, 3.05) is 6.54 Å². The zero-order valence-electron chi connectivity index (χ0n) is 10.0. The Kier molecular flexibility index (Phi) is 4.02. The second kappa shape index (κ2) is 5.51. The van der Waals surface area contributed by atoms with Crippen LogP contribution in [0.1, 0.15) is 37.0 Å². The first-order valence-corrected chi connectivity index (χ1v) is 6.27. The maximum atomic E-state index is 5.81. The van der Waals surface area contributed by atoms with Gasteiger partial charge in [-0.3, -0.25) is 0 Å². The molecule has 1 heterocycles. The van der Waals surface area contributed by atoms with Gasteiger partial charge in [0.05, 0.1) is 12.8 Å². The highest BCUT2D eigenvalue weighted by atomic mass is 16.3. The van der Waals surface area contributed by atoms with E-state index >= 15 is 0 Å². The minimum atomic E-state index is 0.572. The first-order chi connectivity index (χ1) is 7.81. The summed E-state index contributed by atoms with van der Waals surface area (Å²) >= 11 is 0. The Labute approximate surface area is 97.4 Å². The van der Waals surface area contributed by atoms with E-state index in [9.17, 15) is 0 Å². The van der Waals surface area contributed by atoms with E-state index in [2.05, 4.69) is 12.2 Å². The van der Waals surface area contributed by atoms with E-state index < -0.39 is 0 Å². The maximum absolute atomic E-state index is 5.81. The summed E-state index contributed by atoms with van der Waals surface area (Å²) in [4.78, 5) is 0. The molecule has 0 aromatic carbocycles. The summed E-state index contributed by atoms with van der Waals surface area (Å²) in [5.74, 6) is 1.70. The number of hydrogen-bond donors (Lipinski definition) is 2. The van der Waals surface area contributed by atoms with Crippen molar-refractivity contribution in [3.63, 3.8) is 0 Å². The topological polar surface area (TPSA) is 51.2 Å². The molecule has 90 valence electrons. The first kappa shape index (κ1) is 11.7. The molecule has 0 aliphatic heterocycles. The molecule has 0 bridgehead atoms. The van der Waals surface area contributed by atoms with Crippen LogP contribution in [-0.4, -0.2) is 12.6 Å². The molecule has 1 aliphatic rings. The summed E-state index contributed by atoms with van der Waals surface area (Å²) in [6, 6.07) is 2.58. The lowest BCUT2D eigenvalue weighted by Crippen LogP contribution is -2.41. The monoisotopic (exact) mass is 222 g/mol. The fourth-order valence-electron chi connectivity index (χ4n) is 2.57. The van der Waals surface area contributed by atoms with E-state index in [0.29, 0.717) is 12.0 Å². The number of furan rings is 1. The summed E-state index contributed by atoms with van der Waals surface area (Å²) in [5, 5.41) is 3.59. The van der Waals surface area contributed by atoms with Crippen molar-refractivity contribution in [2.24, 2.45) is 11.7 Å². The van der Waals surface area contributed by atoms with Crippen molar-refractivity contribution >= 4 is 0 Å². The fraction of sp³-hybridized carbons (Fsp3) is 0.692. The Morgan fingerprint density at radius 3 is 2.94 bits per heavy atom. The van der Waals surface area contributed by atoms with Crippen LogP contribution < -0.4 is 11.1 Å². The van der Waals surface area contributed by atoms with Crippen LogP contribution in [0.4, 0.5) is 0 Å². The third-order valence-electron chi connectivity index (χ3n) is 3.70. The van der Waals surface area contributed by atoms with Gasteiger partial charge in [0.25, 0.3) is 0 Å². The molecule has 0 radical (unpaired) electrons. The quantitative estimate of drug-likeness (QED) is 0.821. The number of nitrogens with one attached hydrogen (secondary N) is 1. The molecule has 1 saturated carbocycles. The van der Waals surface area contributed by atoms with Crippen LogP contribution in [-0.2, 0) is 6.54 Å². The molecule has 1 aliphatic carbocycles. The lowest BCUT2D eigenvalue weighted by atomic mass is 9.84. The molecule has 2 unspecified atom stereocenters. The molecule has 1 aromatic heterocycles. The first-order valence-electron chi connectivity index (χ1n) is 6.27. The Balaban J connectivity index is 1.86. The minimum absolute atomic E-state index is 0.572. The highest BCUT2D eigenvalue weighted by Gasteiger charge is 2.23. The minimum Gasteiger partial charge on any atom is -0.468 e. The molecule has 16 heavy (non-hydrogen) atoms. The standard InChI is InChI=1S/C13H22N2O/c1-10-6-7-16-13(10)9-15-12-5-3-2-4-11(12)8-14/h6-7,11-12,15H,2-5,8-9,14H2,1H3. The third kappa shape index (κ3) is 2.66. The predicted molar refractivity (Wildman–Crippen MR) is 65.1 cm³/mol. The average molecular weight is 222 g/mol. The van der Waals surface area contributed by atoms with E-state index in [1.54, 1.807) is 6.26 Å². The van der Waals surface area contributed by atoms with Gasteiger partial charge in [-0.05, 0) is 43.9 Å². The smallest absolute Gasteiger partial charge is 0.120 e. The summed E-state index contributed by atoms with van der Waals surface area (Å²) in [5.41, 5.74) is 7.04. The molecule has 0 saturated heterocycles. The Morgan fingerprint density at radius 1 is 1.44 bits per heavy atom. The largest absolute Gasteiger partial charge is 0.468 e. The number of rotatable bonds is 4. The number of aryl methyl sites for hydroxylation is 1. The Morgan fingerprint density at radius 2 is 2.25 bits per heavy atom. The van der Waals surface area contributed by atoms with E-state index in [1.165, 1.54) is 31.2 Å². The second-order valence-electron chi connectivity index (χ2n) is 4.79. The van der Waals surface area contributed by atoms with Gasteiger partial charge in [-0.25, -0.2) is 0 Å². The molecule has 3 nitrogen and oxygen atoms in total. The van der Waals surface area contributed by atoms with Crippen molar-refractivity contribution in [3.8, 4) is 0 Å². The van der Waals surface area contributed by atoms with E-state index in [0.717, 1.165) is 18.8 Å². The zero-order chi connectivity index (χ0) is 11.4. The average Bonchev–Trinajstić information content (AvgIpc) is 2.72. The molecule has 1 aromatic rings. The summed E-state index contributed by atoms with van der Waals surface area (Å²) in [6.07, 6.45) is 6.94. The molecule has 2 rings (SSSR count). The van der Waals surface area contributed by atoms with Gasteiger partial charge in [0.15, 0.2) is 0 Å². The van der Waals surface area contributed by atoms with E-state index in [-0.39, 0.29) is 0 Å². The molecule has 3 N–H and O–H groups in total. The Bertz CT molecular complexity index is 321. The zero-order valence-corrected chi connectivity index (χ0v) is 10.0. The molecule has 0 amide bonds. The normalized spacial score (nSPS) is 25.9. The van der Waals surface area contributed by atoms with Crippen LogP contribution in [0.3, 0.4) is 0 Å². The number of nitrogens with two attached hydrogens (primary N) is 1. The van der Waals surface area contributed by atoms with Gasteiger partial charge < -0.3 is 15.5 Å². The summed E-state index contributed by atoms with van der Waals surface area (Å²) < 4.78 is 5.43. The maximum Gasteiger partial charge on any atom is 0.120 e. The van der Waals surface area contributed by atoms with Crippen molar-refractivity contribution in [1.82, 2.24) is 5.32 Å². The van der Waals surface area contributed by atoms with Gasteiger partial charge >= 0.3 is 0 Å². The Hall–Kier alpha value is -0.800. The summed E-state index contributed by atoms with van der Waals surface area (Å²) in [7, 11) is 0.